The standard InChI is InChI=1S/C37H31Cl2F3N6O3S/c38-20-2-4-22(5-3-20)51-35(49)19-8-12-47(13-9-19)34-24-14-26(39)29(23-6-7-27(41)32-28(23)25(16-43)33(44)52-32)30(42)31(24)45-36(46-34)50-18-37-10-1-11-48(37)17-21(40)15-37/h2-7,14,19,21H,1,8-13,15,17-18,44H2/t21-,37+/m1/s1. The molecule has 52 heavy (non-hydrogen) atoms. The maximum atomic E-state index is 17.0. The van der Waals surface area contributed by atoms with Crippen LogP contribution in [-0.4, -0.2) is 65.3 Å². The van der Waals surface area contributed by atoms with Gasteiger partial charge in [0.25, 0.3) is 0 Å². The highest BCUT2D eigenvalue weighted by atomic mass is 35.5. The summed E-state index contributed by atoms with van der Waals surface area (Å²) in [4.78, 5) is 26.4. The molecule has 3 aliphatic heterocycles. The van der Waals surface area contributed by atoms with Gasteiger partial charge >= 0.3 is 12.0 Å². The number of nitrogens with zero attached hydrogens (tertiary/aromatic N) is 5. The van der Waals surface area contributed by atoms with E-state index in [0.717, 1.165) is 30.7 Å². The molecule has 2 atom stereocenters. The van der Waals surface area contributed by atoms with Gasteiger partial charge in [-0.2, -0.15) is 15.2 Å². The van der Waals surface area contributed by atoms with Crippen LogP contribution in [0.5, 0.6) is 11.8 Å². The van der Waals surface area contributed by atoms with Gasteiger partial charge in [0.15, 0.2) is 5.82 Å². The molecule has 2 N–H and O–H groups in total. The van der Waals surface area contributed by atoms with Gasteiger partial charge in [0.2, 0.25) is 0 Å². The third-order valence-electron chi connectivity index (χ3n) is 10.4. The summed E-state index contributed by atoms with van der Waals surface area (Å²) in [5.74, 6) is -1.42. The number of rotatable bonds is 7. The number of nitriles is 1. The summed E-state index contributed by atoms with van der Waals surface area (Å²) in [6.07, 6.45) is 1.89. The molecule has 0 bridgehead atoms. The van der Waals surface area contributed by atoms with Crippen molar-refractivity contribution in [2.75, 3.05) is 43.4 Å². The van der Waals surface area contributed by atoms with Crippen LogP contribution in [0, 0.1) is 28.9 Å². The van der Waals surface area contributed by atoms with Crippen molar-refractivity contribution >= 4 is 72.3 Å². The zero-order valence-corrected chi connectivity index (χ0v) is 29.9. The SMILES string of the molecule is N#Cc1c(N)sc2c(F)ccc(-c3c(Cl)cc4c(N5CCC(C(=O)Oc6ccc(Cl)cc6)CC5)nc(OC[C@@]56CCCN5C[C@H](F)C6)nc4c3F)c12. The summed E-state index contributed by atoms with van der Waals surface area (Å²) in [6.45, 7) is 1.99. The Bertz CT molecular complexity index is 2280. The normalized spacial score (nSPS) is 20.8. The molecule has 3 saturated heterocycles. The minimum atomic E-state index is -0.969. The number of piperidine rings is 1. The van der Waals surface area contributed by atoms with Gasteiger partial charge in [-0.05, 0) is 74.2 Å². The first kappa shape index (κ1) is 34.7. The Labute approximate surface area is 310 Å². The maximum absolute atomic E-state index is 17.0. The average molecular weight is 768 g/mol. The molecule has 268 valence electrons. The molecule has 3 aromatic carbocycles. The van der Waals surface area contributed by atoms with Gasteiger partial charge < -0.3 is 20.1 Å². The van der Waals surface area contributed by atoms with Crippen molar-refractivity contribution in [1.82, 2.24) is 14.9 Å². The quantitative estimate of drug-likeness (QED) is 0.129. The van der Waals surface area contributed by atoms with Crippen LogP contribution in [0.4, 0.5) is 24.0 Å². The lowest BCUT2D eigenvalue weighted by molar-refractivity contribution is -0.139. The number of halogens is 5. The van der Waals surface area contributed by atoms with Crippen molar-refractivity contribution in [3.63, 3.8) is 0 Å². The van der Waals surface area contributed by atoms with Crippen LogP contribution in [0.15, 0.2) is 42.5 Å². The van der Waals surface area contributed by atoms with E-state index in [4.69, 9.17) is 43.4 Å². The second kappa shape index (κ2) is 13.6. The number of aromatic nitrogens is 2. The molecule has 0 spiro atoms. The van der Waals surface area contributed by atoms with Crippen molar-refractivity contribution in [2.24, 2.45) is 5.92 Å². The predicted octanol–water partition coefficient (Wildman–Crippen LogP) is 8.33. The zero-order chi connectivity index (χ0) is 36.3. The molecule has 3 aliphatic rings. The smallest absolute Gasteiger partial charge is 0.319 e. The van der Waals surface area contributed by atoms with Crippen LogP contribution in [0.25, 0.3) is 32.1 Å². The fourth-order valence-electron chi connectivity index (χ4n) is 7.90. The van der Waals surface area contributed by atoms with E-state index in [1.165, 1.54) is 12.1 Å². The van der Waals surface area contributed by atoms with Crippen LogP contribution in [0.1, 0.15) is 37.7 Å². The van der Waals surface area contributed by atoms with Crippen LogP contribution < -0.4 is 20.1 Å². The lowest BCUT2D eigenvalue weighted by atomic mass is 9.95. The molecule has 0 unspecified atom stereocenters. The third kappa shape index (κ3) is 6.05. The molecule has 0 aliphatic carbocycles. The topological polar surface area (TPSA) is 118 Å². The predicted molar refractivity (Wildman–Crippen MR) is 195 cm³/mol. The average Bonchev–Trinajstić information content (AvgIpc) is 3.78. The number of thiophene rings is 1. The number of nitrogen functional groups attached to an aromatic ring is 1. The zero-order valence-electron chi connectivity index (χ0n) is 27.6. The molecular formula is C37H31Cl2F3N6O3S. The van der Waals surface area contributed by atoms with Crippen molar-refractivity contribution in [3.8, 4) is 29.0 Å². The Kier molecular flexibility index (Phi) is 9.06. The number of anilines is 2. The van der Waals surface area contributed by atoms with E-state index in [1.807, 2.05) is 11.0 Å². The van der Waals surface area contributed by atoms with E-state index >= 15 is 4.39 Å². The van der Waals surface area contributed by atoms with Gasteiger partial charge in [-0.3, -0.25) is 9.69 Å². The largest absolute Gasteiger partial charge is 0.461 e. The second-order valence-electron chi connectivity index (χ2n) is 13.5. The number of benzene rings is 3. The molecule has 0 amide bonds. The Morgan fingerprint density at radius 3 is 2.63 bits per heavy atom. The summed E-state index contributed by atoms with van der Waals surface area (Å²) < 4.78 is 58.4. The van der Waals surface area contributed by atoms with Crippen LogP contribution in [0.2, 0.25) is 10.0 Å². The number of nitrogens with two attached hydrogens (primary N) is 1. The molecule has 15 heteroatoms. The molecule has 0 saturated carbocycles. The van der Waals surface area contributed by atoms with Crippen LogP contribution >= 0.6 is 34.5 Å². The number of hydrogen-bond donors (Lipinski definition) is 1. The van der Waals surface area contributed by atoms with E-state index in [2.05, 4.69) is 9.88 Å². The summed E-state index contributed by atoms with van der Waals surface area (Å²) in [7, 11) is 0. The summed E-state index contributed by atoms with van der Waals surface area (Å²) >= 11 is 13.7. The van der Waals surface area contributed by atoms with Crippen molar-refractivity contribution in [3.05, 3.63) is 69.7 Å². The van der Waals surface area contributed by atoms with E-state index < -0.39 is 23.3 Å². The minimum absolute atomic E-state index is 0.00746. The Hall–Kier alpha value is -4.35. The van der Waals surface area contributed by atoms with Gasteiger partial charge in [0.05, 0.1) is 26.7 Å². The van der Waals surface area contributed by atoms with Crippen molar-refractivity contribution < 1.29 is 27.4 Å². The first-order valence-corrected chi connectivity index (χ1v) is 18.5. The molecular weight excluding hydrogens is 736 g/mol. The summed E-state index contributed by atoms with van der Waals surface area (Å²) in [5.41, 5.74) is 5.60. The first-order valence-electron chi connectivity index (χ1n) is 16.9. The first-order chi connectivity index (χ1) is 25.0. The van der Waals surface area contributed by atoms with Crippen LogP contribution in [0.3, 0.4) is 0 Å². The number of carbonyl (C=O) groups is 1. The molecule has 5 heterocycles. The molecule has 3 fully saturated rings. The highest BCUT2D eigenvalue weighted by molar-refractivity contribution is 7.23. The molecule has 0 radical (unpaired) electrons. The summed E-state index contributed by atoms with van der Waals surface area (Å²) in [5, 5.41) is 11.0. The monoisotopic (exact) mass is 766 g/mol. The highest BCUT2D eigenvalue weighted by Gasteiger charge is 2.49. The van der Waals surface area contributed by atoms with Crippen LogP contribution in [-0.2, 0) is 4.79 Å². The van der Waals surface area contributed by atoms with E-state index in [-0.39, 0.29) is 66.8 Å². The molecule has 2 aromatic heterocycles. The number of fused-ring (bicyclic) bond motifs is 3. The van der Waals surface area contributed by atoms with Gasteiger partial charge in [-0.15, -0.1) is 11.3 Å². The van der Waals surface area contributed by atoms with E-state index in [1.54, 1.807) is 30.3 Å². The van der Waals surface area contributed by atoms with Gasteiger partial charge in [-0.1, -0.05) is 29.3 Å². The fourth-order valence-corrected chi connectivity index (χ4v) is 9.27. The minimum Gasteiger partial charge on any atom is -0.461 e. The Balaban J connectivity index is 1.18. The number of alkyl halides is 1. The second-order valence-corrected chi connectivity index (χ2v) is 15.4. The molecule has 9 nitrogen and oxygen atoms in total. The number of esters is 1. The third-order valence-corrected chi connectivity index (χ3v) is 12.0. The lowest BCUT2D eigenvalue weighted by Gasteiger charge is -2.33. The molecule has 5 aromatic rings. The molecule has 8 rings (SSSR count). The van der Waals surface area contributed by atoms with Crippen molar-refractivity contribution in [1.29, 1.82) is 5.26 Å². The number of carbonyl (C=O) groups excluding carboxylic acids is 1. The van der Waals surface area contributed by atoms with Gasteiger partial charge in [0, 0.05) is 47.4 Å². The fraction of sp³-hybridized carbons (Fsp3) is 0.351. The Morgan fingerprint density at radius 2 is 1.88 bits per heavy atom. The number of ether oxygens (including phenoxy) is 2. The lowest BCUT2D eigenvalue weighted by Crippen LogP contribution is -2.43. The number of hydrogen-bond acceptors (Lipinski definition) is 10. The summed E-state index contributed by atoms with van der Waals surface area (Å²) in [6, 6.07) is 12.6. The van der Waals surface area contributed by atoms with Crippen molar-refractivity contribution in [2.45, 2.75) is 43.8 Å². The Morgan fingerprint density at radius 1 is 1.12 bits per heavy atom. The van der Waals surface area contributed by atoms with E-state index in [9.17, 15) is 18.8 Å². The van der Waals surface area contributed by atoms with E-state index in [0.29, 0.717) is 60.9 Å². The maximum Gasteiger partial charge on any atom is 0.319 e. The highest BCUT2D eigenvalue weighted by Crippen LogP contribution is 2.46. The van der Waals surface area contributed by atoms with Gasteiger partial charge in [-0.25, -0.2) is 13.2 Å². The van der Waals surface area contributed by atoms with Gasteiger partial charge in [0.1, 0.15) is 46.8 Å².